The summed E-state index contributed by atoms with van der Waals surface area (Å²) in [7, 11) is 1.50. The van der Waals surface area contributed by atoms with Gasteiger partial charge in [0.1, 0.15) is 5.75 Å². The minimum absolute atomic E-state index is 0.00460. The molecular weight excluding hydrogens is 452 g/mol. The molecule has 2 aromatic rings. The number of hydrogen-bond donors (Lipinski definition) is 0. The zero-order chi connectivity index (χ0) is 21.0. The molecule has 0 saturated heterocycles. The summed E-state index contributed by atoms with van der Waals surface area (Å²) in [5.41, 5.74) is 0.756. The quantitative estimate of drug-likeness (QED) is 0.432. The number of halogens is 3. The molecule has 29 heavy (non-hydrogen) atoms. The predicted octanol–water partition coefficient (Wildman–Crippen LogP) is 4.80. The molecule has 152 valence electrons. The summed E-state index contributed by atoms with van der Waals surface area (Å²) in [4.78, 5) is 16.4. The number of ether oxygens (including phenoxy) is 4. The summed E-state index contributed by atoms with van der Waals surface area (Å²) in [6.07, 6.45) is 1.49. The molecule has 0 saturated carbocycles. The van der Waals surface area contributed by atoms with Crippen molar-refractivity contribution in [3.63, 3.8) is 0 Å². The fraction of sp³-hybridized carbons (Fsp3) is 0.200. The molecule has 1 aliphatic rings. The van der Waals surface area contributed by atoms with Crippen LogP contribution in [0.4, 0.5) is 8.78 Å². The number of benzene rings is 2. The Balaban J connectivity index is 1.97. The normalized spacial score (nSPS) is 14.8. The van der Waals surface area contributed by atoms with Crippen molar-refractivity contribution in [3.8, 4) is 17.2 Å². The second-order valence-corrected chi connectivity index (χ2v) is 6.53. The van der Waals surface area contributed by atoms with Crippen LogP contribution in [0.2, 0.25) is 0 Å². The van der Waals surface area contributed by atoms with Gasteiger partial charge in [0.2, 0.25) is 5.90 Å². The number of esters is 1. The smallest absolute Gasteiger partial charge is 0.387 e. The average molecular weight is 468 g/mol. The van der Waals surface area contributed by atoms with Crippen LogP contribution in [-0.2, 0) is 9.53 Å². The van der Waals surface area contributed by atoms with E-state index >= 15 is 0 Å². The number of cyclic esters (lactones) is 1. The SMILES string of the molecule is CCOc1c(Br)cc(/C=C2\N=C(c3ccccc3OC(F)F)OC2=O)cc1OC. The van der Waals surface area contributed by atoms with Crippen LogP contribution in [-0.4, -0.2) is 32.2 Å². The summed E-state index contributed by atoms with van der Waals surface area (Å²) >= 11 is 3.41. The predicted molar refractivity (Wildman–Crippen MR) is 106 cm³/mol. The van der Waals surface area contributed by atoms with Gasteiger partial charge in [-0.25, -0.2) is 9.79 Å². The van der Waals surface area contributed by atoms with Gasteiger partial charge in [-0.15, -0.1) is 0 Å². The molecule has 0 radical (unpaired) electrons. The number of hydrogen-bond acceptors (Lipinski definition) is 6. The Kier molecular flexibility index (Phi) is 6.48. The number of rotatable bonds is 7. The first-order valence-electron chi connectivity index (χ1n) is 8.50. The van der Waals surface area contributed by atoms with Gasteiger partial charge in [-0.05, 0) is 58.8 Å². The monoisotopic (exact) mass is 467 g/mol. The zero-order valence-corrected chi connectivity index (χ0v) is 17.0. The molecule has 0 bridgehead atoms. The Hall–Kier alpha value is -2.94. The Labute approximate surface area is 173 Å². The average Bonchev–Trinajstić information content (AvgIpc) is 3.04. The maximum Gasteiger partial charge on any atom is 0.387 e. The lowest BCUT2D eigenvalue weighted by Gasteiger charge is -2.12. The first-order valence-corrected chi connectivity index (χ1v) is 9.29. The lowest BCUT2D eigenvalue weighted by atomic mass is 10.1. The van der Waals surface area contributed by atoms with E-state index in [0.29, 0.717) is 28.1 Å². The molecular formula is C20H16BrF2NO5. The van der Waals surface area contributed by atoms with E-state index in [1.54, 1.807) is 18.2 Å². The van der Waals surface area contributed by atoms with Crippen molar-refractivity contribution in [2.75, 3.05) is 13.7 Å². The number of carbonyl (C=O) groups excluding carboxylic acids is 1. The number of carbonyl (C=O) groups is 1. The van der Waals surface area contributed by atoms with E-state index in [-0.39, 0.29) is 22.9 Å². The van der Waals surface area contributed by atoms with Crippen molar-refractivity contribution in [2.45, 2.75) is 13.5 Å². The number of nitrogens with zero attached hydrogens (tertiary/aromatic N) is 1. The van der Waals surface area contributed by atoms with Crippen LogP contribution in [0.1, 0.15) is 18.1 Å². The Morgan fingerprint density at radius 3 is 2.69 bits per heavy atom. The van der Waals surface area contributed by atoms with Gasteiger partial charge in [0, 0.05) is 0 Å². The van der Waals surface area contributed by atoms with Gasteiger partial charge in [-0.3, -0.25) is 0 Å². The van der Waals surface area contributed by atoms with Crippen molar-refractivity contribution < 1.29 is 32.5 Å². The number of aliphatic imine (C=N–C) groups is 1. The topological polar surface area (TPSA) is 66.3 Å². The van der Waals surface area contributed by atoms with E-state index < -0.39 is 12.6 Å². The van der Waals surface area contributed by atoms with E-state index in [1.807, 2.05) is 6.92 Å². The lowest BCUT2D eigenvalue weighted by molar-refractivity contribution is -0.129. The van der Waals surface area contributed by atoms with Crippen LogP contribution in [0, 0.1) is 0 Å². The van der Waals surface area contributed by atoms with Crippen LogP contribution in [0.15, 0.2) is 51.6 Å². The van der Waals surface area contributed by atoms with Crippen LogP contribution in [0.3, 0.4) is 0 Å². The summed E-state index contributed by atoms with van der Waals surface area (Å²) < 4.78 is 46.4. The van der Waals surface area contributed by atoms with E-state index in [2.05, 4.69) is 25.7 Å². The minimum Gasteiger partial charge on any atom is -0.493 e. The third kappa shape index (κ3) is 4.73. The summed E-state index contributed by atoms with van der Waals surface area (Å²) in [5.74, 6) is 0.0406. The maximum atomic E-state index is 12.6. The van der Waals surface area contributed by atoms with Gasteiger partial charge in [-0.1, -0.05) is 12.1 Å². The van der Waals surface area contributed by atoms with Crippen molar-refractivity contribution in [1.82, 2.24) is 0 Å². The van der Waals surface area contributed by atoms with Crippen LogP contribution < -0.4 is 14.2 Å². The molecule has 3 rings (SSSR count). The van der Waals surface area contributed by atoms with E-state index in [1.165, 1.54) is 31.4 Å². The summed E-state index contributed by atoms with van der Waals surface area (Å²) in [6.45, 7) is -0.713. The molecule has 0 amide bonds. The molecule has 6 nitrogen and oxygen atoms in total. The van der Waals surface area contributed by atoms with Crippen molar-refractivity contribution in [3.05, 3.63) is 57.7 Å². The molecule has 0 spiro atoms. The molecule has 2 aromatic carbocycles. The number of methoxy groups -OCH3 is 1. The molecule has 0 unspecified atom stereocenters. The molecule has 1 aliphatic heterocycles. The molecule has 0 N–H and O–H groups in total. The van der Waals surface area contributed by atoms with Crippen molar-refractivity contribution >= 4 is 33.9 Å². The van der Waals surface area contributed by atoms with E-state index in [4.69, 9.17) is 14.2 Å². The highest BCUT2D eigenvalue weighted by molar-refractivity contribution is 9.10. The standard InChI is InChI=1S/C20H16BrF2NO5/c1-3-27-17-13(21)8-11(10-16(17)26-2)9-14-19(25)29-18(24-14)12-6-4-5-7-15(12)28-20(22)23/h4-10,20H,3H2,1-2H3/b14-9-. The molecule has 0 atom stereocenters. The van der Waals surface area contributed by atoms with Crippen molar-refractivity contribution in [1.29, 1.82) is 0 Å². The Bertz CT molecular complexity index is 991. The summed E-state index contributed by atoms with van der Waals surface area (Å²) in [5, 5.41) is 0. The first kappa shape index (κ1) is 20.8. The maximum absolute atomic E-state index is 12.6. The van der Waals surface area contributed by atoms with Gasteiger partial charge in [-0.2, -0.15) is 8.78 Å². The number of alkyl halides is 2. The highest BCUT2D eigenvalue weighted by atomic mass is 79.9. The van der Waals surface area contributed by atoms with Gasteiger partial charge in [0.15, 0.2) is 17.2 Å². The lowest BCUT2D eigenvalue weighted by Crippen LogP contribution is -2.10. The molecule has 0 fully saturated rings. The van der Waals surface area contributed by atoms with Crippen LogP contribution in [0.25, 0.3) is 6.08 Å². The zero-order valence-electron chi connectivity index (χ0n) is 15.4. The molecule has 0 aliphatic carbocycles. The number of para-hydroxylation sites is 1. The second-order valence-electron chi connectivity index (χ2n) is 5.68. The third-order valence-electron chi connectivity index (χ3n) is 3.80. The van der Waals surface area contributed by atoms with Crippen molar-refractivity contribution in [2.24, 2.45) is 4.99 Å². The van der Waals surface area contributed by atoms with Gasteiger partial charge < -0.3 is 18.9 Å². The highest BCUT2D eigenvalue weighted by Crippen LogP contribution is 2.37. The van der Waals surface area contributed by atoms with Crippen LogP contribution >= 0.6 is 15.9 Å². The molecule has 9 heteroatoms. The molecule has 1 heterocycles. The summed E-state index contributed by atoms with van der Waals surface area (Å²) in [6, 6.07) is 9.35. The van der Waals surface area contributed by atoms with Gasteiger partial charge in [0.05, 0.1) is 23.8 Å². The van der Waals surface area contributed by atoms with Gasteiger partial charge in [0.25, 0.3) is 0 Å². The fourth-order valence-corrected chi connectivity index (χ4v) is 3.21. The van der Waals surface area contributed by atoms with E-state index in [0.717, 1.165) is 0 Å². The Morgan fingerprint density at radius 1 is 1.24 bits per heavy atom. The minimum atomic E-state index is -3.02. The van der Waals surface area contributed by atoms with Gasteiger partial charge >= 0.3 is 12.6 Å². The highest BCUT2D eigenvalue weighted by Gasteiger charge is 2.27. The third-order valence-corrected chi connectivity index (χ3v) is 4.39. The van der Waals surface area contributed by atoms with Crippen LogP contribution in [0.5, 0.6) is 17.2 Å². The largest absolute Gasteiger partial charge is 0.493 e. The molecule has 0 aromatic heterocycles. The Morgan fingerprint density at radius 2 is 2.00 bits per heavy atom. The van der Waals surface area contributed by atoms with E-state index in [9.17, 15) is 13.6 Å². The fourth-order valence-electron chi connectivity index (χ4n) is 2.63. The first-order chi connectivity index (χ1) is 13.9. The second kappa shape index (κ2) is 9.04.